The molecule has 0 saturated heterocycles. The third kappa shape index (κ3) is 1.94. The number of benzene rings is 1. The highest BCUT2D eigenvalue weighted by Crippen LogP contribution is 2.26. The van der Waals surface area contributed by atoms with Gasteiger partial charge in [0.1, 0.15) is 5.82 Å². The minimum atomic E-state index is 0.308. The third-order valence-electron chi connectivity index (χ3n) is 2.30. The topological polar surface area (TPSA) is 69.9 Å². The predicted octanol–water partition coefficient (Wildman–Crippen LogP) is 2.40. The Hall–Kier alpha value is -1.39. The van der Waals surface area contributed by atoms with Crippen LogP contribution >= 0.6 is 23.2 Å². The minimum Gasteiger partial charge on any atom is -0.382 e. The fourth-order valence-electron chi connectivity index (χ4n) is 1.39. The molecule has 4 N–H and O–H groups in total. The molecule has 0 aliphatic heterocycles. The van der Waals surface area contributed by atoms with E-state index in [0.29, 0.717) is 28.2 Å². The summed E-state index contributed by atoms with van der Waals surface area (Å²) in [7, 11) is 0. The highest BCUT2D eigenvalue weighted by Gasteiger charge is 2.09. The van der Waals surface area contributed by atoms with Crippen LogP contribution in [0.2, 0.25) is 10.0 Å². The first kappa shape index (κ1) is 11.1. The van der Waals surface area contributed by atoms with Crippen molar-refractivity contribution in [2.45, 2.75) is 6.54 Å². The minimum absolute atomic E-state index is 0.308. The molecule has 0 aliphatic carbocycles. The fraction of sp³-hybridized carbons (Fsp3) is 0.100. The van der Waals surface area contributed by atoms with Crippen LogP contribution in [0, 0.1) is 0 Å². The van der Waals surface area contributed by atoms with E-state index >= 15 is 0 Å². The molecule has 1 aromatic heterocycles. The third-order valence-corrected chi connectivity index (χ3v) is 3.01. The van der Waals surface area contributed by atoms with Crippen molar-refractivity contribution < 1.29 is 0 Å². The molecule has 0 spiro atoms. The number of nitrogen functional groups attached to an aromatic ring is 2. The Morgan fingerprint density at radius 1 is 1.19 bits per heavy atom. The van der Waals surface area contributed by atoms with Crippen LogP contribution in [-0.2, 0) is 6.54 Å². The molecule has 0 fully saturated rings. The average molecular weight is 257 g/mol. The second-order valence-corrected chi connectivity index (χ2v) is 4.16. The van der Waals surface area contributed by atoms with Crippen LogP contribution in [0.1, 0.15) is 5.56 Å². The zero-order valence-corrected chi connectivity index (χ0v) is 9.83. The molecule has 0 unspecified atom stereocenters. The van der Waals surface area contributed by atoms with Crippen LogP contribution in [0.3, 0.4) is 0 Å². The molecule has 0 amide bonds. The Kier molecular flexibility index (Phi) is 2.94. The van der Waals surface area contributed by atoms with Crippen molar-refractivity contribution in [2.75, 3.05) is 11.5 Å². The Morgan fingerprint density at radius 2 is 1.81 bits per heavy atom. The Bertz CT molecular complexity index is 501. The van der Waals surface area contributed by atoms with E-state index in [-0.39, 0.29) is 0 Å². The predicted molar refractivity (Wildman–Crippen MR) is 66.6 cm³/mol. The second kappa shape index (κ2) is 4.23. The Balaban J connectivity index is 2.38. The molecule has 0 radical (unpaired) electrons. The summed E-state index contributed by atoms with van der Waals surface area (Å²) >= 11 is 12.1. The Morgan fingerprint density at radius 3 is 2.31 bits per heavy atom. The van der Waals surface area contributed by atoms with Gasteiger partial charge in [0.2, 0.25) is 0 Å². The first-order chi connectivity index (χ1) is 7.59. The number of aromatic nitrogens is 2. The molecular weight excluding hydrogens is 247 g/mol. The highest BCUT2D eigenvalue weighted by atomic mass is 35.5. The number of halogens is 2. The number of hydrogen-bond acceptors (Lipinski definition) is 3. The molecule has 4 nitrogen and oxygen atoms in total. The summed E-state index contributed by atoms with van der Waals surface area (Å²) in [6, 6.07) is 5.35. The van der Waals surface area contributed by atoms with E-state index in [1.54, 1.807) is 29.1 Å². The zero-order valence-electron chi connectivity index (χ0n) is 8.32. The summed E-state index contributed by atoms with van der Waals surface area (Å²) in [5, 5.41) is 1.19. The van der Waals surface area contributed by atoms with Crippen LogP contribution in [0.4, 0.5) is 11.6 Å². The average Bonchev–Trinajstić information content (AvgIpc) is 2.55. The van der Waals surface area contributed by atoms with E-state index in [2.05, 4.69) is 4.98 Å². The zero-order chi connectivity index (χ0) is 11.7. The van der Waals surface area contributed by atoms with Gasteiger partial charge in [0.15, 0.2) is 5.82 Å². The SMILES string of the molecule is Nc1ncn(Cc2c(Cl)cccc2Cl)c1N. The van der Waals surface area contributed by atoms with Crippen LogP contribution in [-0.4, -0.2) is 9.55 Å². The van der Waals surface area contributed by atoms with Crippen LogP contribution in [0.25, 0.3) is 0 Å². The quantitative estimate of drug-likeness (QED) is 0.867. The number of anilines is 2. The van der Waals surface area contributed by atoms with Crippen molar-refractivity contribution in [3.8, 4) is 0 Å². The fourth-order valence-corrected chi connectivity index (χ4v) is 1.90. The van der Waals surface area contributed by atoms with Gasteiger partial charge < -0.3 is 16.0 Å². The van der Waals surface area contributed by atoms with E-state index in [9.17, 15) is 0 Å². The Labute approximate surface area is 103 Å². The summed E-state index contributed by atoms with van der Waals surface area (Å²) in [5.74, 6) is 0.721. The lowest BCUT2D eigenvalue weighted by atomic mass is 10.2. The van der Waals surface area contributed by atoms with Crippen LogP contribution in [0.15, 0.2) is 24.5 Å². The lowest BCUT2D eigenvalue weighted by Gasteiger charge is -2.08. The van der Waals surface area contributed by atoms with Gasteiger partial charge in [0, 0.05) is 15.6 Å². The van der Waals surface area contributed by atoms with Crippen molar-refractivity contribution in [3.63, 3.8) is 0 Å². The van der Waals surface area contributed by atoms with Crippen molar-refractivity contribution in [3.05, 3.63) is 40.1 Å². The van der Waals surface area contributed by atoms with E-state index in [4.69, 9.17) is 34.7 Å². The highest BCUT2D eigenvalue weighted by molar-refractivity contribution is 6.35. The summed E-state index contributed by atoms with van der Waals surface area (Å²) in [6.45, 7) is 0.453. The number of nitrogens with zero attached hydrogens (tertiary/aromatic N) is 2. The van der Waals surface area contributed by atoms with Gasteiger partial charge in [-0.3, -0.25) is 0 Å². The largest absolute Gasteiger partial charge is 0.382 e. The number of imidazole rings is 1. The van der Waals surface area contributed by atoms with Gasteiger partial charge in [-0.2, -0.15) is 0 Å². The monoisotopic (exact) mass is 256 g/mol. The molecule has 1 heterocycles. The molecule has 0 atom stereocenters. The lowest BCUT2D eigenvalue weighted by molar-refractivity contribution is 0.808. The second-order valence-electron chi connectivity index (χ2n) is 3.34. The normalized spacial score (nSPS) is 10.6. The molecule has 0 saturated carbocycles. The van der Waals surface area contributed by atoms with Gasteiger partial charge in [-0.05, 0) is 12.1 Å². The molecule has 84 valence electrons. The lowest BCUT2D eigenvalue weighted by Crippen LogP contribution is -2.05. The summed E-state index contributed by atoms with van der Waals surface area (Å²) in [6.07, 6.45) is 1.56. The van der Waals surface area contributed by atoms with Gasteiger partial charge in [0.25, 0.3) is 0 Å². The molecule has 0 bridgehead atoms. The number of rotatable bonds is 2. The molecule has 1 aromatic carbocycles. The van der Waals surface area contributed by atoms with Crippen molar-refractivity contribution in [1.29, 1.82) is 0 Å². The first-order valence-corrected chi connectivity index (χ1v) is 5.34. The molecular formula is C10H10Cl2N4. The smallest absolute Gasteiger partial charge is 0.166 e. The molecule has 2 aromatic rings. The summed E-state index contributed by atoms with van der Waals surface area (Å²) < 4.78 is 1.70. The maximum Gasteiger partial charge on any atom is 0.166 e. The van der Waals surface area contributed by atoms with E-state index in [0.717, 1.165) is 5.56 Å². The molecule has 0 aliphatic rings. The molecule has 6 heteroatoms. The summed E-state index contributed by atoms with van der Waals surface area (Å²) in [4.78, 5) is 3.90. The van der Waals surface area contributed by atoms with Gasteiger partial charge in [-0.25, -0.2) is 4.98 Å². The maximum absolute atomic E-state index is 6.05. The van der Waals surface area contributed by atoms with E-state index in [1.807, 2.05) is 0 Å². The van der Waals surface area contributed by atoms with E-state index < -0.39 is 0 Å². The van der Waals surface area contributed by atoms with Crippen molar-refractivity contribution in [2.24, 2.45) is 0 Å². The van der Waals surface area contributed by atoms with Crippen LogP contribution in [0.5, 0.6) is 0 Å². The van der Waals surface area contributed by atoms with Gasteiger partial charge in [0.05, 0.1) is 12.9 Å². The standard InChI is InChI=1S/C10H10Cl2N4/c11-7-2-1-3-8(12)6(7)4-16-5-15-9(13)10(16)14/h1-3,5H,4,13-14H2. The maximum atomic E-state index is 6.05. The van der Waals surface area contributed by atoms with E-state index in [1.165, 1.54) is 0 Å². The van der Waals surface area contributed by atoms with Gasteiger partial charge >= 0.3 is 0 Å². The van der Waals surface area contributed by atoms with Gasteiger partial charge in [-0.1, -0.05) is 29.3 Å². The van der Waals surface area contributed by atoms with Crippen molar-refractivity contribution >= 4 is 34.8 Å². The van der Waals surface area contributed by atoms with Crippen molar-refractivity contribution in [1.82, 2.24) is 9.55 Å². The molecule has 2 rings (SSSR count). The van der Waals surface area contributed by atoms with Gasteiger partial charge in [-0.15, -0.1) is 0 Å². The molecule has 16 heavy (non-hydrogen) atoms. The number of hydrogen-bond donors (Lipinski definition) is 2. The first-order valence-electron chi connectivity index (χ1n) is 4.58. The summed E-state index contributed by atoms with van der Waals surface area (Å²) in [5.41, 5.74) is 12.1. The van der Waals surface area contributed by atoms with Crippen LogP contribution < -0.4 is 11.5 Å². The number of nitrogens with two attached hydrogens (primary N) is 2.